The van der Waals surface area contributed by atoms with Gasteiger partial charge in [0.2, 0.25) is 0 Å². The van der Waals surface area contributed by atoms with E-state index in [1.54, 1.807) is 0 Å². The van der Waals surface area contributed by atoms with Crippen LogP contribution in [0.4, 0.5) is 0 Å². The van der Waals surface area contributed by atoms with E-state index in [-0.39, 0.29) is 0 Å². The summed E-state index contributed by atoms with van der Waals surface area (Å²) in [6.45, 7) is 2.09. The van der Waals surface area contributed by atoms with Gasteiger partial charge in [-0.3, -0.25) is 4.98 Å². The van der Waals surface area contributed by atoms with Crippen LogP contribution in [0.1, 0.15) is 5.56 Å². The maximum Gasteiger partial charge on any atom is 0.0708 e. The van der Waals surface area contributed by atoms with Crippen molar-refractivity contribution in [1.29, 1.82) is 0 Å². The van der Waals surface area contributed by atoms with E-state index in [0.717, 1.165) is 11.3 Å². The van der Waals surface area contributed by atoms with Gasteiger partial charge in [0.1, 0.15) is 0 Å². The molecule has 0 radical (unpaired) electrons. The molecule has 1 heterocycles. The van der Waals surface area contributed by atoms with Crippen molar-refractivity contribution in [2.75, 3.05) is 0 Å². The Morgan fingerprint density at radius 1 is 0.684 bits per heavy atom. The zero-order chi connectivity index (χ0) is 13.1. The SMILES string of the molecule is Cc1ccc(-c2cc(-c3ccccc3)ccn2)cc1. The molecule has 0 saturated carbocycles. The fourth-order valence-electron chi connectivity index (χ4n) is 2.12. The van der Waals surface area contributed by atoms with E-state index in [9.17, 15) is 0 Å². The monoisotopic (exact) mass is 245 g/mol. The number of hydrogen-bond donors (Lipinski definition) is 0. The molecule has 1 heteroatoms. The standard InChI is InChI=1S/C18H15N/c1-14-7-9-16(10-8-14)18-13-17(11-12-19-18)15-5-3-2-4-6-15/h2-13H,1H3. The van der Waals surface area contributed by atoms with Crippen molar-refractivity contribution in [2.45, 2.75) is 6.92 Å². The van der Waals surface area contributed by atoms with Crippen LogP contribution >= 0.6 is 0 Å². The number of pyridine rings is 1. The van der Waals surface area contributed by atoms with Gasteiger partial charge in [-0.25, -0.2) is 0 Å². The molecular weight excluding hydrogens is 230 g/mol. The molecule has 0 bridgehead atoms. The lowest BCUT2D eigenvalue weighted by Crippen LogP contribution is -1.85. The highest BCUT2D eigenvalue weighted by atomic mass is 14.7. The Morgan fingerprint density at radius 3 is 2.16 bits per heavy atom. The third kappa shape index (κ3) is 2.55. The van der Waals surface area contributed by atoms with Gasteiger partial charge in [-0.15, -0.1) is 0 Å². The van der Waals surface area contributed by atoms with Gasteiger partial charge in [0, 0.05) is 11.8 Å². The molecule has 3 rings (SSSR count). The number of benzene rings is 2. The van der Waals surface area contributed by atoms with Crippen molar-refractivity contribution < 1.29 is 0 Å². The van der Waals surface area contributed by atoms with Crippen molar-refractivity contribution in [2.24, 2.45) is 0 Å². The Morgan fingerprint density at radius 2 is 1.42 bits per heavy atom. The van der Waals surface area contributed by atoms with Crippen molar-refractivity contribution >= 4 is 0 Å². The van der Waals surface area contributed by atoms with E-state index in [0.29, 0.717) is 0 Å². The second-order valence-electron chi connectivity index (χ2n) is 4.66. The van der Waals surface area contributed by atoms with Crippen molar-refractivity contribution in [3.8, 4) is 22.4 Å². The third-order valence-electron chi connectivity index (χ3n) is 3.21. The van der Waals surface area contributed by atoms with E-state index in [1.165, 1.54) is 16.7 Å². The van der Waals surface area contributed by atoms with Crippen LogP contribution in [0, 0.1) is 6.92 Å². The topological polar surface area (TPSA) is 12.9 Å². The smallest absolute Gasteiger partial charge is 0.0708 e. The molecule has 92 valence electrons. The fourth-order valence-corrected chi connectivity index (χ4v) is 2.12. The van der Waals surface area contributed by atoms with Gasteiger partial charge in [-0.1, -0.05) is 60.2 Å². The van der Waals surface area contributed by atoms with E-state index in [2.05, 4.69) is 66.5 Å². The summed E-state index contributed by atoms with van der Waals surface area (Å²) in [6.07, 6.45) is 1.87. The minimum atomic E-state index is 1.02. The second kappa shape index (κ2) is 5.07. The molecular formula is C18H15N. The van der Waals surface area contributed by atoms with Crippen LogP contribution in [0.15, 0.2) is 72.9 Å². The highest BCUT2D eigenvalue weighted by Crippen LogP contribution is 2.24. The van der Waals surface area contributed by atoms with Crippen LogP contribution in [-0.2, 0) is 0 Å². The van der Waals surface area contributed by atoms with E-state index < -0.39 is 0 Å². The molecule has 0 fully saturated rings. The summed E-state index contributed by atoms with van der Waals surface area (Å²) in [6, 6.07) is 23.0. The molecule has 2 aromatic carbocycles. The Hall–Kier alpha value is -2.41. The minimum absolute atomic E-state index is 1.02. The first-order chi connectivity index (χ1) is 9.33. The highest BCUT2D eigenvalue weighted by Gasteiger charge is 2.02. The number of hydrogen-bond acceptors (Lipinski definition) is 1. The lowest BCUT2D eigenvalue weighted by atomic mass is 10.0. The molecule has 0 amide bonds. The lowest BCUT2D eigenvalue weighted by Gasteiger charge is -2.05. The molecule has 1 aromatic heterocycles. The number of nitrogens with zero attached hydrogens (tertiary/aromatic N) is 1. The molecule has 3 aromatic rings. The Labute approximate surface area is 113 Å². The predicted octanol–water partition coefficient (Wildman–Crippen LogP) is 4.72. The largest absolute Gasteiger partial charge is 0.256 e. The second-order valence-corrected chi connectivity index (χ2v) is 4.66. The zero-order valence-corrected chi connectivity index (χ0v) is 10.9. The molecule has 0 spiro atoms. The molecule has 0 atom stereocenters. The van der Waals surface area contributed by atoms with E-state index in [4.69, 9.17) is 0 Å². The van der Waals surface area contributed by atoms with Gasteiger partial charge in [0.05, 0.1) is 5.69 Å². The van der Waals surface area contributed by atoms with Crippen LogP contribution in [0.3, 0.4) is 0 Å². The summed E-state index contributed by atoms with van der Waals surface area (Å²) in [7, 11) is 0. The van der Waals surface area contributed by atoms with Crippen LogP contribution in [0.2, 0.25) is 0 Å². The van der Waals surface area contributed by atoms with Crippen LogP contribution in [0.25, 0.3) is 22.4 Å². The molecule has 0 aliphatic heterocycles. The number of aromatic nitrogens is 1. The average Bonchev–Trinajstić information content (AvgIpc) is 2.49. The summed E-state index contributed by atoms with van der Waals surface area (Å²) in [4.78, 5) is 4.46. The first-order valence-electron chi connectivity index (χ1n) is 6.41. The van der Waals surface area contributed by atoms with E-state index >= 15 is 0 Å². The Kier molecular flexibility index (Phi) is 3.11. The summed E-state index contributed by atoms with van der Waals surface area (Å²) in [5.74, 6) is 0. The zero-order valence-electron chi connectivity index (χ0n) is 10.9. The first kappa shape index (κ1) is 11.7. The molecule has 0 aliphatic rings. The van der Waals surface area contributed by atoms with Crippen molar-refractivity contribution in [1.82, 2.24) is 4.98 Å². The van der Waals surface area contributed by atoms with Gasteiger partial charge < -0.3 is 0 Å². The van der Waals surface area contributed by atoms with Gasteiger partial charge in [-0.2, -0.15) is 0 Å². The third-order valence-corrected chi connectivity index (χ3v) is 3.21. The normalized spacial score (nSPS) is 10.4. The van der Waals surface area contributed by atoms with Gasteiger partial charge in [0.15, 0.2) is 0 Å². The molecule has 0 unspecified atom stereocenters. The molecule has 0 aliphatic carbocycles. The fraction of sp³-hybridized carbons (Fsp3) is 0.0556. The summed E-state index contributed by atoms with van der Waals surface area (Å²) >= 11 is 0. The highest BCUT2D eigenvalue weighted by molar-refractivity contribution is 5.70. The van der Waals surface area contributed by atoms with Gasteiger partial charge in [0.25, 0.3) is 0 Å². The van der Waals surface area contributed by atoms with Gasteiger partial charge >= 0.3 is 0 Å². The maximum atomic E-state index is 4.46. The summed E-state index contributed by atoms with van der Waals surface area (Å²) in [5.41, 5.74) is 5.86. The average molecular weight is 245 g/mol. The van der Waals surface area contributed by atoms with Crippen LogP contribution in [-0.4, -0.2) is 4.98 Å². The van der Waals surface area contributed by atoms with Crippen molar-refractivity contribution in [3.63, 3.8) is 0 Å². The van der Waals surface area contributed by atoms with Crippen LogP contribution < -0.4 is 0 Å². The summed E-state index contributed by atoms with van der Waals surface area (Å²) in [5, 5.41) is 0. The lowest BCUT2D eigenvalue weighted by molar-refractivity contribution is 1.32. The Balaban J connectivity index is 2.03. The Bertz CT molecular complexity index is 670. The number of aryl methyl sites for hydroxylation is 1. The van der Waals surface area contributed by atoms with Gasteiger partial charge in [-0.05, 0) is 30.2 Å². The van der Waals surface area contributed by atoms with Crippen LogP contribution in [0.5, 0.6) is 0 Å². The number of rotatable bonds is 2. The molecule has 1 nitrogen and oxygen atoms in total. The molecule has 0 saturated heterocycles. The van der Waals surface area contributed by atoms with E-state index in [1.807, 2.05) is 18.3 Å². The first-order valence-corrected chi connectivity index (χ1v) is 6.41. The predicted molar refractivity (Wildman–Crippen MR) is 79.8 cm³/mol. The maximum absolute atomic E-state index is 4.46. The molecule has 19 heavy (non-hydrogen) atoms. The van der Waals surface area contributed by atoms with Crippen molar-refractivity contribution in [3.05, 3.63) is 78.5 Å². The summed E-state index contributed by atoms with van der Waals surface area (Å²) < 4.78 is 0. The molecule has 0 N–H and O–H groups in total. The minimum Gasteiger partial charge on any atom is -0.256 e. The quantitative estimate of drug-likeness (QED) is 0.636.